The van der Waals surface area contributed by atoms with Crippen molar-refractivity contribution in [2.75, 3.05) is 46.4 Å². The zero-order chi connectivity index (χ0) is 37.8. The highest BCUT2D eigenvalue weighted by Crippen LogP contribution is 2.40. The van der Waals surface area contributed by atoms with Gasteiger partial charge in [-0.05, 0) is 68.1 Å². The second-order valence-electron chi connectivity index (χ2n) is 12.9. The van der Waals surface area contributed by atoms with E-state index >= 15 is 0 Å². The molecule has 2 heterocycles. The maximum absolute atomic E-state index is 14.3. The summed E-state index contributed by atoms with van der Waals surface area (Å²) in [5.41, 5.74) is 13.6. The molecule has 2 aliphatic rings. The summed E-state index contributed by atoms with van der Waals surface area (Å²) in [6, 6.07) is 7.68. The minimum absolute atomic E-state index is 0.00107. The second kappa shape index (κ2) is 18.8. The summed E-state index contributed by atoms with van der Waals surface area (Å²) >= 11 is 0. The fourth-order valence-corrected chi connectivity index (χ4v) is 6.41. The van der Waals surface area contributed by atoms with Crippen molar-refractivity contribution in [1.82, 2.24) is 31.5 Å². The number of rotatable bonds is 13. The molecule has 4 bridgehead atoms. The van der Waals surface area contributed by atoms with Gasteiger partial charge in [0.05, 0.1) is 6.07 Å². The number of nitrogens with one attached hydrogen (secondary N) is 5. The summed E-state index contributed by atoms with van der Waals surface area (Å²) in [6.45, 7) is 4.11. The zero-order valence-electron chi connectivity index (χ0n) is 29.8. The van der Waals surface area contributed by atoms with E-state index in [0.717, 1.165) is 19.4 Å². The zero-order valence-corrected chi connectivity index (χ0v) is 29.8. The largest absolute Gasteiger partial charge is 0.492 e. The highest BCUT2D eigenvalue weighted by Gasteiger charge is 2.37. The molecule has 4 rings (SSSR count). The van der Waals surface area contributed by atoms with E-state index in [-0.39, 0.29) is 45.3 Å². The molecule has 2 aromatic rings. The van der Waals surface area contributed by atoms with E-state index < -0.39 is 53.7 Å². The van der Waals surface area contributed by atoms with Gasteiger partial charge in [-0.3, -0.25) is 24.0 Å². The third kappa shape index (κ3) is 10.2. The van der Waals surface area contributed by atoms with Crippen LogP contribution in [-0.2, 0) is 30.4 Å². The van der Waals surface area contributed by atoms with Crippen LogP contribution in [0.4, 0.5) is 0 Å². The van der Waals surface area contributed by atoms with Crippen molar-refractivity contribution in [3.8, 4) is 28.7 Å². The van der Waals surface area contributed by atoms with Gasteiger partial charge in [0.25, 0.3) is 0 Å². The molecule has 5 atom stereocenters. The van der Waals surface area contributed by atoms with E-state index in [0.29, 0.717) is 40.2 Å². The van der Waals surface area contributed by atoms with E-state index in [4.69, 9.17) is 26.2 Å². The smallest absolute Gasteiger partial charge is 0.248 e. The summed E-state index contributed by atoms with van der Waals surface area (Å²) < 4.78 is 12.1. The molecule has 1 fully saturated rings. The average molecular weight is 720 g/mol. The first-order valence-electron chi connectivity index (χ1n) is 17.4. The normalized spacial score (nSPS) is 20.6. The lowest BCUT2D eigenvalue weighted by atomic mass is 9.93. The molecular weight excluding hydrogens is 670 g/mol. The molecule has 0 spiro atoms. The van der Waals surface area contributed by atoms with Gasteiger partial charge in [0.1, 0.15) is 55.4 Å². The van der Waals surface area contributed by atoms with Crippen LogP contribution in [0.5, 0.6) is 11.5 Å². The molecule has 9 N–H and O–H groups in total. The molecule has 2 aliphatic heterocycles. The number of amides is 5. The summed E-state index contributed by atoms with van der Waals surface area (Å²) in [5, 5.41) is 23.1. The second-order valence-corrected chi connectivity index (χ2v) is 12.9. The number of fused-ring (bicyclic) bond motifs is 5. The Kier molecular flexibility index (Phi) is 14.3. The van der Waals surface area contributed by atoms with Crippen LogP contribution in [0.2, 0.25) is 0 Å². The SMILES string of the molecule is CC(=O)N[C@@H](C[C@@H]1CCCN1)C(=O)N(C)[C@@H]1C(=O)N[C@@H](C)C(=O)N[C@H](C(=O)NCC#N)Cc2ccc(OCCN)c(c2)-c2cc1ccc2OCCN. The van der Waals surface area contributed by atoms with E-state index in [9.17, 15) is 24.0 Å². The summed E-state index contributed by atoms with van der Waals surface area (Å²) in [7, 11) is 1.47. The standard InChI is InChI=1S/C36H49N9O7/c1-21-33(47)44-28(34(48)41-14-10-37)18-23-6-8-30(51-15-11-38)26(17-23)27-19-24(7-9-31(27)52-16-12-39)32(35(49)42-21)45(3)36(50)29(43-22(2)46)20-25-5-4-13-40-25/h6-9,17,19,21,25,28-29,32,40H,4-5,11-16,18,20,38-39H2,1-3H3,(H,41,48)(H,42,49)(H,43,46)(H,44,47)/t21-,25-,28-,29-,32-/m0/s1. The maximum atomic E-state index is 14.3. The van der Waals surface area contributed by atoms with Crippen LogP contribution in [0.3, 0.4) is 0 Å². The molecule has 0 saturated carbocycles. The Balaban J connectivity index is 1.90. The minimum atomic E-state index is -1.29. The number of hydrogen-bond acceptors (Lipinski definition) is 11. The van der Waals surface area contributed by atoms with Crippen LogP contribution in [0.25, 0.3) is 11.1 Å². The monoisotopic (exact) mass is 719 g/mol. The first-order valence-corrected chi connectivity index (χ1v) is 17.4. The lowest BCUT2D eigenvalue weighted by Gasteiger charge is -2.33. The fraction of sp³-hybridized carbons (Fsp3) is 0.500. The van der Waals surface area contributed by atoms with Crippen molar-refractivity contribution >= 4 is 29.5 Å². The molecule has 0 radical (unpaired) electrons. The topological polar surface area (TPSA) is 243 Å². The Labute approximate surface area is 303 Å². The third-order valence-electron chi connectivity index (χ3n) is 8.91. The van der Waals surface area contributed by atoms with Crippen molar-refractivity contribution in [3.63, 3.8) is 0 Å². The Morgan fingerprint density at radius 1 is 1.02 bits per heavy atom. The van der Waals surface area contributed by atoms with E-state index in [1.54, 1.807) is 36.4 Å². The third-order valence-corrected chi connectivity index (χ3v) is 8.91. The quantitative estimate of drug-likeness (QED) is 0.128. The average Bonchev–Trinajstić information content (AvgIpc) is 3.64. The molecular formula is C36H49N9O7. The van der Waals surface area contributed by atoms with E-state index in [1.165, 1.54) is 25.8 Å². The number of benzene rings is 2. The van der Waals surface area contributed by atoms with Crippen LogP contribution in [0, 0.1) is 11.3 Å². The Bertz CT molecular complexity index is 1660. The molecule has 280 valence electrons. The molecule has 0 unspecified atom stereocenters. The lowest BCUT2D eigenvalue weighted by Crippen LogP contribution is -2.56. The van der Waals surface area contributed by atoms with Crippen LogP contribution < -0.4 is 47.5 Å². The predicted molar refractivity (Wildman–Crippen MR) is 192 cm³/mol. The molecule has 5 amide bonds. The first-order chi connectivity index (χ1) is 25.0. The predicted octanol–water partition coefficient (Wildman–Crippen LogP) is -0.640. The van der Waals surface area contributed by atoms with Crippen LogP contribution in [0.1, 0.15) is 50.3 Å². The molecule has 0 aromatic heterocycles. The number of nitriles is 1. The maximum Gasteiger partial charge on any atom is 0.248 e. The summed E-state index contributed by atoms with van der Waals surface area (Å²) in [5.74, 6) is -1.99. The van der Waals surface area contributed by atoms with Crippen LogP contribution in [0.15, 0.2) is 36.4 Å². The van der Waals surface area contributed by atoms with Gasteiger partial charge in [0.2, 0.25) is 29.5 Å². The molecule has 16 nitrogen and oxygen atoms in total. The number of nitrogens with zero attached hydrogens (tertiary/aromatic N) is 2. The van der Waals surface area contributed by atoms with Crippen LogP contribution >= 0.6 is 0 Å². The number of likely N-dealkylation sites (N-methyl/N-ethyl adjacent to an activating group) is 1. The molecule has 2 aromatic carbocycles. The lowest BCUT2D eigenvalue weighted by molar-refractivity contribution is -0.143. The van der Waals surface area contributed by atoms with Gasteiger partial charge in [-0.2, -0.15) is 5.26 Å². The van der Waals surface area contributed by atoms with Crippen molar-refractivity contribution in [2.24, 2.45) is 11.5 Å². The highest BCUT2D eigenvalue weighted by atomic mass is 16.5. The van der Waals surface area contributed by atoms with Crippen molar-refractivity contribution in [3.05, 3.63) is 47.5 Å². The summed E-state index contributed by atoms with van der Waals surface area (Å²) in [6.07, 6.45) is 2.12. The van der Waals surface area contributed by atoms with Gasteiger partial charge < -0.3 is 52.4 Å². The van der Waals surface area contributed by atoms with Gasteiger partial charge in [0, 0.05) is 50.7 Å². The van der Waals surface area contributed by atoms with Gasteiger partial charge in [-0.1, -0.05) is 12.1 Å². The van der Waals surface area contributed by atoms with E-state index in [1.807, 2.05) is 6.07 Å². The van der Waals surface area contributed by atoms with Crippen LogP contribution in [-0.4, -0.2) is 105 Å². The molecule has 0 aliphatic carbocycles. The number of carbonyl (C=O) groups excluding carboxylic acids is 5. The highest BCUT2D eigenvalue weighted by molar-refractivity contribution is 5.96. The van der Waals surface area contributed by atoms with Crippen molar-refractivity contribution in [1.29, 1.82) is 5.26 Å². The Morgan fingerprint density at radius 3 is 2.31 bits per heavy atom. The minimum Gasteiger partial charge on any atom is -0.492 e. The van der Waals surface area contributed by atoms with Gasteiger partial charge in [-0.15, -0.1) is 0 Å². The fourth-order valence-electron chi connectivity index (χ4n) is 6.41. The van der Waals surface area contributed by atoms with Crippen molar-refractivity contribution in [2.45, 2.75) is 69.7 Å². The molecule has 52 heavy (non-hydrogen) atoms. The van der Waals surface area contributed by atoms with Gasteiger partial charge in [-0.25, -0.2) is 0 Å². The van der Waals surface area contributed by atoms with Gasteiger partial charge in [0.15, 0.2) is 0 Å². The van der Waals surface area contributed by atoms with Crippen molar-refractivity contribution < 1.29 is 33.4 Å². The first kappa shape index (κ1) is 39.5. The van der Waals surface area contributed by atoms with Gasteiger partial charge >= 0.3 is 0 Å². The van der Waals surface area contributed by atoms with E-state index in [2.05, 4.69) is 26.6 Å². The molecule has 16 heteroatoms. The summed E-state index contributed by atoms with van der Waals surface area (Å²) in [4.78, 5) is 68.8. The number of hydrogen-bond donors (Lipinski definition) is 7. The number of nitrogens with two attached hydrogens (primary N) is 2. The Morgan fingerprint density at radius 2 is 1.69 bits per heavy atom. The molecule has 1 saturated heterocycles. The number of ether oxygens (including phenoxy) is 2. The number of carbonyl (C=O) groups is 5. The Hall–Kier alpha value is -5.24.